The van der Waals surface area contributed by atoms with Crippen LogP contribution < -0.4 is 0 Å². The zero-order valence-corrected chi connectivity index (χ0v) is 23.9. The zero-order chi connectivity index (χ0) is 26.7. The van der Waals surface area contributed by atoms with Crippen LogP contribution in [0.3, 0.4) is 0 Å². The molecule has 1 atom stereocenters. The van der Waals surface area contributed by atoms with E-state index in [1.807, 2.05) is 75.0 Å². The van der Waals surface area contributed by atoms with Crippen molar-refractivity contribution >= 4 is 14.7 Å². The van der Waals surface area contributed by atoms with Crippen molar-refractivity contribution in [2.45, 2.75) is 59.3 Å². The van der Waals surface area contributed by atoms with Gasteiger partial charge in [0.25, 0.3) is 0 Å². The van der Waals surface area contributed by atoms with Gasteiger partial charge in [0.1, 0.15) is 11.5 Å². The first-order valence-electron chi connectivity index (χ1n) is 12.7. The van der Waals surface area contributed by atoms with Crippen LogP contribution in [0, 0.1) is 32.5 Å². The van der Waals surface area contributed by atoms with Crippen molar-refractivity contribution in [3.05, 3.63) is 95.5 Å². The number of methoxy groups -OCH3 is 1. The smallest absolute Gasteiger partial charge is 0.132 e. The van der Waals surface area contributed by atoms with Gasteiger partial charge in [-0.15, -0.1) is 0 Å². The molecule has 0 radical (unpaired) electrons. The monoisotopic (exact) mass is 508 g/mol. The van der Waals surface area contributed by atoms with Gasteiger partial charge < -0.3 is 4.74 Å². The van der Waals surface area contributed by atoms with Crippen LogP contribution >= 0.6 is 8.58 Å². The van der Waals surface area contributed by atoms with E-state index in [0.717, 1.165) is 44.8 Å². The molecular weight excluding hydrogens is 466 g/mol. The summed E-state index contributed by atoms with van der Waals surface area (Å²) < 4.78 is 22.3. The fraction of sp³-hybridized carbons (Fsp3) is 0.387. The third-order valence-corrected chi connectivity index (χ3v) is 8.01. The molecule has 1 aliphatic rings. The van der Waals surface area contributed by atoms with Gasteiger partial charge in [-0.2, -0.15) is 5.10 Å². The molecule has 1 unspecified atom stereocenters. The maximum atomic E-state index is 14.6. The molecule has 0 spiro atoms. The molecular formula is C31H42FN2OP. The molecule has 0 N–H and O–H groups in total. The van der Waals surface area contributed by atoms with Crippen LogP contribution in [-0.4, -0.2) is 28.9 Å². The number of ether oxygens (including phenoxy) is 1. The highest BCUT2D eigenvalue weighted by molar-refractivity contribution is 7.38. The average Bonchev–Trinajstić information content (AvgIpc) is 3.16. The fourth-order valence-corrected chi connectivity index (χ4v) is 5.56. The van der Waals surface area contributed by atoms with E-state index in [2.05, 4.69) is 39.2 Å². The van der Waals surface area contributed by atoms with Crippen molar-refractivity contribution in [2.24, 2.45) is 5.92 Å². The molecule has 1 saturated carbocycles. The number of aromatic nitrogens is 2. The summed E-state index contributed by atoms with van der Waals surface area (Å²) in [6.45, 7) is 16.8. The van der Waals surface area contributed by atoms with Gasteiger partial charge in [0.15, 0.2) is 0 Å². The summed E-state index contributed by atoms with van der Waals surface area (Å²) in [7, 11) is 2.59. The second-order valence-electron chi connectivity index (χ2n) is 8.99. The van der Waals surface area contributed by atoms with Crippen LogP contribution in [0.5, 0.6) is 0 Å². The van der Waals surface area contributed by atoms with Crippen molar-refractivity contribution < 1.29 is 9.13 Å². The highest BCUT2D eigenvalue weighted by Crippen LogP contribution is 2.51. The minimum Gasteiger partial charge on any atom is -0.374 e. The van der Waals surface area contributed by atoms with Crippen molar-refractivity contribution in [2.75, 3.05) is 13.8 Å². The first-order valence-corrected chi connectivity index (χ1v) is 14.2. The molecule has 2 aromatic carbocycles. The Morgan fingerprint density at radius 2 is 1.78 bits per heavy atom. The van der Waals surface area contributed by atoms with E-state index in [9.17, 15) is 4.39 Å². The Kier molecular flexibility index (Phi) is 11.8. The van der Waals surface area contributed by atoms with E-state index in [1.165, 1.54) is 5.56 Å². The third kappa shape index (κ3) is 7.48. The Labute approximate surface area is 219 Å². The lowest BCUT2D eigenvalue weighted by Gasteiger charge is -2.46. The molecule has 1 aliphatic carbocycles. The fourth-order valence-electron chi connectivity index (χ4n) is 4.37. The van der Waals surface area contributed by atoms with E-state index < -0.39 is 0 Å². The molecule has 1 fully saturated rings. The zero-order valence-electron chi connectivity index (χ0n) is 22.9. The number of nitrogens with zero attached hydrogens (tertiary/aromatic N) is 2. The number of benzene rings is 2. The number of hydrogen-bond donors (Lipinski definition) is 0. The predicted octanol–water partition coefficient (Wildman–Crippen LogP) is 8.59. The maximum absolute atomic E-state index is 14.6. The topological polar surface area (TPSA) is 27.1 Å². The second kappa shape index (κ2) is 14.3. The molecule has 0 saturated heterocycles. The number of allylic oxidation sites excluding steroid dienone is 2. The molecule has 194 valence electrons. The number of hydrogen-bond acceptors (Lipinski definition) is 2. The lowest BCUT2D eigenvalue weighted by molar-refractivity contribution is -0.0385. The third-order valence-electron chi connectivity index (χ3n) is 6.49. The largest absolute Gasteiger partial charge is 0.374 e. The van der Waals surface area contributed by atoms with Gasteiger partial charge in [-0.05, 0) is 63.9 Å². The number of aryl methyl sites for hydroxylation is 2. The Morgan fingerprint density at radius 1 is 1.11 bits per heavy atom. The number of rotatable bonds is 7. The molecule has 1 aromatic heterocycles. The van der Waals surface area contributed by atoms with Gasteiger partial charge in [0.2, 0.25) is 0 Å². The van der Waals surface area contributed by atoms with Crippen molar-refractivity contribution in [3.63, 3.8) is 0 Å². The average molecular weight is 509 g/mol. The lowest BCUT2D eigenvalue weighted by atomic mass is 9.81. The minimum atomic E-state index is -0.234. The van der Waals surface area contributed by atoms with Crippen LogP contribution in [0.2, 0.25) is 0 Å². The van der Waals surface area contributed by atoms with Crippen molar-refractivity contribution in [3.8, 4) is 11.3 Å². The van der Waals surface area contributed by atoms with Crippen molar-refractivity contribution in [1.29, 1.82) is 0 Å². The molecule has 3 aromatic rings. The molecule has 0 amide bonds. The van der Waals surface area contributed by atoms with Gasteiger partial charge in [-0.25, -0.2) is 4.39 Å². The first-order chi connectivity index (χ1) is 17.3. The normalized spacial score (nSPS) is 18.8. The van der Waals surface area contributed by atoms with E-state index >= 15 is 0 Å². The van der Waals surface area contributed by atoms with Crippen LogP contribution in [0.15, 0.2) is 67.3 Å². The van der Waals surface area contributed by atoms with E-state index in [4.69, 9.17) is 9.84 Å². The highest BCUT2D eigenvalue weighted by atomic mass is 31.1. The summed E-state index contributed by atoms with van der Waals surface area (Å²) in [4.78, 5) is 0. The Bertz CT molecular complexity index is 1120. The predicted molar refractivity (Wildman–Crippen MR) is 156 cm³/mol. The summed E-state index contributed by atoms with van der Waals surface area (Å²) in [5.41, 5.74) is 5.46. The SMILES string of the molecule is C=C/C=C\c1c(-c2ccc(C)cc2F)nn(CC2CC(OC)(PC)C2)c1C.CC.Cc1ccccc1. The Balaban J connectivity index is 0.000000431. The van der Waals surface area contributed by atoms with Crippen LogP contribution in [0.1, 0.15) is 49.1 Å². The molecule has 36 heavy (non-hydrogen) atoms. The molecule has 0 bridgehead atoms. The van der Waals surface area contributed by atoms with Gasteiger partial charge in [-0.1, -0.05) is 89.2 Å². The van der Waals surface area contributed by atoms with E-state index in [1.54, 1.807) is 12.1 Å². The van der Waals surface area contributed by atoms with E-state index in [-0.39, 0.29) is 11.2 Å². The minimum absolute atomic E-state index is 0.0587. The van der Waals surface area contributed by atoms with E-state index in [0.29, 0.717) is 17.2 Å². The van der Waals surface area contributed by atoms with Crippen LogP contribution in [0.25, 0.3) is 17.3 Å². The van der Waals surface area contributed by atoms with Crippen LogP contribution in [0.4, 0.5) is 4.39 Å². The quantitative estimate of drug-likeness (QED) is 0.236. The van der Waals surface area contributed by atoms with Crippen LogP contribution in [-0.2, 0) is 11.3 Å². The maximum Gasteiger partial charge on any atom is 0.132 e. The summed E-state index contributed by atoms with van der Waals surface area (Å²) in [6.07, 6.45) is 7.69. The Morgan fingerprint density at radius 3 is 2.28 bits per heavy atom. The lowest BCUT2D eigenvalue weighted by Crippen LogP contribution is -2.43. The molecule has 4 rings (SSSR count). The highest BCUT2D eigenvalue weighted by Gasteiger charge is 2.43. The summed E-state index contributed by atoms with van der Waals surface area (Å²) in [5, 5.41) is 4.86. The molecule has 1 heterocycles. The second-order valence-corrected chi connectivity index (χ2v) is 10.4. The standard InChI is InChI=1S/C22H28FN2OP.C7H8.C2H6/c1-6-7-8-18-16(3)25(14-17-12-22(13-17,26-4)27-5)24-21(18)19-10-9-15(2)11-20(19)23;1-7-5-3-2-4-6-7;1-2/h6-11,17,27H,1,12-14H2,2-5H3;2-6H,1H3;1-2H3/b8-7-;;. The van der Waals surface area contributed by atoms with Gasteiger partial charge in [0, 0.05) is 30.5 Å². The molecule has 5 heteroatoms. The summed E-state index contributed by atoms with van der Waals surface area (Å²) >= 11 is 0. The van der Waals surface area contributed by atoms with Gasteiger partial charge >= 0.3 is 0 Å². The molecule has 3 nitrogen and oxygen atoms in total. The summed E-state index contributed by atoms with van der Waals surface area (Å²) in [5.74, 6) is 0.310. The van der Waals surface area contributed by atoms with Gasteiger partial charge in [0.05, 0.1) is 5.34 Å². The summed E-state index contributed by atoms with van der Waals surface area (Å²) in [6, 6.07) is 15.6. The van der Waals surface area contributed by atoms with Gasteiger partial charge in [-0.3, -0.25) is 4.68 Å². The molecule has 0 aliphatic heterocycles. The first kappa shape index (κ1) is 29.7. The number of halogens is 1. The Hall–Kier alpha value is -2.55. The van der Waals surface area contributed by atoms with Crippen molar-refractivity contribution in [1.82, 2.24) is 9.78 Å².